The molecular formula is C67H100N8O14S2. The van der Waals surface area contributed by atoms with Crippen molar-refractivity contribution in [3.63, 3.8) is 0 Å². The smallest absolute Gasteiger partial charge is 0.407 e. The molecule has 1 aliphatic rings. The quantitative estimate of drug-likeness (QED) is 0.0264. The maximum Gasteiger partial charge on any atom is 0.407 e. The van der Waals surface area contributed by atoms with Crippen LogP contribution in [0.3, 0.4) is 0 Å². The summed E-state index contributed by atoms with van der Waals surface area (Å²) in [5.41, 5.74) is 3.62. The highest BCUT2D eigenvalue weighted by atomic mass is 32.2. The molecule has 5 N–H and O–H groups in total. The number of carboxylic acid groups (broad SMARTS) is 1. The fraction of sp³-hybridized carbons (Fsp3) is 0.627. The molecular weight excluding hydrogens is 1200 g/mol. The lowest BCUT2D eigenvalue weighted by atomic mass is 9.81. The first-order valence-electron chi connectivity index (χ1n) is 31.6. The van der Waals surface area contributed by atoms with Gasteiger partial charge in [-0.1, -0.05) is 83.9 Å². The minimum atomic E-state index is -1.01. The zero-order valence-corrected chi connectivity index (χ0v) is 57.5. The molecule has 4 rings (SSSR count). The van der Waals surface area contributed by atoms with Crippen molar-refractivity contribution < 1.29 is 67.3 Å². The minimum Gasteiger partial charge on any atom is -0.481 e. The van der Waals surface area contributed by atoms with Crippen molar-refractivity contribution in [1.29, 1.82) is 0 Å². The molecule has 1 aromatic heterocycles. The van der Waals surface area contributed by atoms with Crippen LogP contribution >= 0.6 is 23.1 Å². The summed E-state index contributed by atoms with van der Waals surface area (Å²) in [5, 5.41) is 22.7. The lowest BCUT2D eigenvalue weighted by Gasteiger charge is -2.38. The Morgan fingerprint density at radius 1 is 0.912 bits per heavy atom. The predicted octanol–water partition coefficient (Wildman–Crippen LogP) is 8.26. The van der Waals surface area contributed by atoms with Crippen LogP contribution < -0.4 is 21.3 Å². The molecule has 7 amide bonds. The number of ether oxygens (including phenoxy) is 3. The van der Waals surface area contributed by atoms with Crippen molar-refractivity contribution in [3.05, 3.63) is 80.8 Å². The van der Waals surface area contributed by atoms with Gasteiger partial charge >= 0.3 is 12.1 Å². The van der Waals surface area contributed by atoms with Crippen LogP contribution in [0, 0.1) is 36.5 Å². The fourth-order valence-electron chi connectivity index (χ4n) is 10.7. The molecule has 4 unspecified atom stereocenters. The molecule has 0 bridgehead atoms. The zero-order valence-electron chi connectivity index (χ0n) is 55.9. The Labute approximate surface area is 546 Å². The van der Waals surface area contributed by atoms with Crippen molar-refractivity contribution >= 4 is 87.9 Å². The molecule has 1 aliphatic heterocycles. The van der Waals surface area contributed by atoms with Gasteiger partial charge in [-0.2, -0.15) is 11.8 Å². The molecule has 0 spiro atoms. The van der Waals surface area contributed by atoms with Crippen molar-refractivity contribution in [2.75, 3.05) is 79.8 Å². The van der Waals surface area contributed by atoms with E-state index in [1.165, 1.54) is 18.8 Å². The Hall–Kier alpha value is -6.60. The second-order valence-electron chi connectivity index (χ2n) is 25.0. The normalized spacial score (nSPS) is 15.7. The highest BCUT2D eigenvalue weighted by Gasteiger charge is 2.40. The Kier molecular flexibility index (Phi) is 31.9. The molecule has 0 saturated carbocycles. The number of likely N-dealkylation sites (tertiary alicyclic amines) is 1. The number of likely N-dealkylation sites (N-methyl/N-ethyl adjacent to an activating group) is 1. The molecule has 1 saturated heterocycles. The Bertz CT molecular complexity index is 2940. The standard InChI is InChI=1S/C67H100N8O14S2/c1-15-42(4)51(36-57(77)67(7,8)73(10)11)63(82)74(12)54(41(2)3)37-55(89-66(86)68-9)62-72-53(40-91-62)61(81)70-49(33-44(6)65(84)85)34-47-23-20-45(21-24-47)19-22-46-25-26-52(43(5)32-46)71-60(80)48(18-16-17-28-69-58(78)39-88-31-30-87-13)35-50(76)27-29-75-59(79)38-56(90-14)64(75)83/h20-21,23-26,32,40-42,44,48-49,51,54-56H,15-19,22,27-31,33-39H2,1-14H3,(H,68,86)(H,69,78)(H,70,81)(H,71,80)(H,84,85)/t42?,44?,48?,49-,51+,54-,55-,56?/m1/s1. The lowest BCUT2D eigenvalue weighted by molar-refractivity contribution is -0.143. The van der Waals surface area contributed by atoms with Crippen LogP contribution in [0.1, 0.15) is 157 Å². The number of thiazole rings is 1. The second kappa shape index (κ2) is 37.8. The summed E-state index contributed by atoms with van der Waals surface area (Å²) in [7, 11) is 8.36. The molecule has 1 fully saturated rings. The SMILES string of the molecule is CCC(C)[C@H](CC(=O)C(C)(C)N(C)C)C(=O)N(C)[C@H](C[C@@H](OC(=O)NC)c1nc(C(=O)N[C@@H](Cc2ccc(CCc3ccc(NC(=O)C(CCCCNC(=O)COCCOC)CC(=O)CCN4C(=O)CC(SC)C4=O)c(C)c3)cc2)CC(C)C(=O)O)cs1)C(C)C. The van der Waals surface area contributed by atoms with E-state index in [1.54, 1.807) is 37.6 Å². The molecule has 22 nitrogen and oxygen atoms in total. The van der Waals surface area contributed by atoms with Gasteiger partial charge < -0.3 is 45.5 Å². The number of nitrogens with zero attached hydrogens (tertiary/aromatic N) is 4. The number of amides is 7. The van der Waals surface area contributed by atoms with E-state index in [4.69, 9.17) is 14.2 Å². The van der Waals surface area contributed by atoms with Gasteiger partial charge in [-0.3, -0.25) is 53.0 Å². The van der Waals surface area contributed by atoms with Gasteiger partial charge in [0.2, 0.25) is 29.5 Å². The topological polar surface area (TPSA) is 289 Å². The number of nitrogens with one attached hydrogen (secondary N) is 4. The summed E-state index contributed by atoms with van der Waals surface area (Å²) in [6, 6.07) is 12.6. The van der Waals surface area contributed by atoms with E-state index in [2.05, 4.69) is 26.3 Å². The summed E-state index contributed by atoms with van der Waals surface area (Å²) in [6.07, 6.45) is 4.19. The van der Waals surface area contributed by atoms with Crippen molar-refractivity contribution in [1.82, 2.24) is 35.6 Å². The van der Waals surface area contributed by atoms with E-state index in [0.29, 0.717) is 75.4 Å². The van der Waals surface area contributed by atoms with Gasteiger partial charge in [0, 0.05) is 101 Å². The molecule has 2 aromatic carbocycles. The van der Waals surface area contributed by atoms with E-state index in [-0.39, 0.29) is 110 Å². The Balaban J connectivity index is 1.43. The minimum absolute atomic E-state index is 0.0336. The van der Waals surface area contributed by atoms with E-state index in [9.17, 15) is 53.1 Å². The van der Waals surface area contributed by atoms with Crippen LogP contribution in [0.2, 0.25) is 0 Å². The number of aromatic nitrogens is 1. The van der Waals surface area contributed by atoms with E-state index in [0.717, 1.165) is 38.5 Å². The number of Topliss-reactive ketones (excluding diaryl/α,β-unsaturated/α-hetero) is 2. The molecule has 0 radical (unpaired) electrons. The summed E-state index contributed by atoms with van der Waals surface area (Å²) >= 11 is 2.43. The highest BCUT2D eigenvalue weighted by molar-refractivity contribution is 8.00. The van der Waals surface area contributed by atoms with Crippen molar-refractivity contribution in [2.45, 2.75) is 168 Å². The molecule has 2 heterocycles. The third-order valence-corrected chi connectivity index (χ3v) is 19.3. The lowest BCUT2D eigenvalue weighted by Crippen LogP contribution is -2.50. The Morgan fingerprint density at radius 3 is 2.19 bits per heavy atom. The number of carbonyl (C=O) groups excluding carboxylic acids is 9. The fourth-order valence-corrected chi connectivity index (χ4v) is 12.2. The van der Waals surface area contributed by atoms with E-state index in [1.807, 2.05) is 110 Å². The van der Waals surface area contributed by atoms with Gasteiger partial charge in [0.25, 0.3) is 5.91 Å². The highest BCUT2D eigenvalue weighted by Crippen LogP contribution is 2.34. The number of hydrogen-bond acceptors (Lipinski definition) is 17. The predicted molar refractivity (Wildman–Crippen MR) is 353 cm³/mol. The summed E-state index contributed by atoms with van der Waals surface area (Å²) < 4.78 is 16.1. The van der Waals surface area contributed by atoms with Gasteiger partial charge in [-0.15, -0.1) is 11.3 Å². The number of benzene rings is 2. The first-order valence-corrected chi connectivity index (χ1v) is 33.8. The summed E-state index contributed by atoms with van der Waals surface area (Å²) in [6.45, 7) is 16.0. The molecule has 3 aromatic rings. The molecule has 8 atom stereocenters. The second-order valence-corrected chi connectivity index (χ2v) is 26.9. The number of methoxy groups -OCH3 is 1. The maximum absolute atomic E-state index is 14.5. The van der Waals surface area contributed by atoms with Crippen LogP contribution in [-0.4, -0.2) is 181 Å². The van der Waals surface area contributed by atoms with Gasteiger partial charge in [0.1, 0.15) is 23.1 Å². The molecule has 24 heteroatoms. The average Bonchev–Trinajstić information content (AvgIpc) is 2.61. The third kappa shape index (κ3) is 24.1. The van der Waals surface area contributed by atoms with Crippen LogP contribution in [0.5, 0.6) is 0 Å². The number of unbranched alkanes of at least 4 members (excludes halogenated alkanes) is 1. The van der Waals surface area contributed by atoms with Gasteiger partial charge in [-0.05, 0) is 120 Å². The number of anilines is 1. The van der Waals surface area contributed by atoms with Gasteiger partial charge in [0.05, 0.1) is 29.9 Å². The number of carboxylic acids is 1. The number of ketones is 2. The van der Waals surface area contributed by atoms with Gasteiger partial charge in [-0.25, -0.2) is 9.78 Å². The van der Waals surface area contributed by atoms with Crippen LogP contribution in [0.25, 0.3) is 0 Å². The number of thioether (sulfide) groups is 1. The van der Waals surface area contributed by atoms with E-state index < -0.39 is 64.7 Å². The monoisotopic (exact) mass is 1300 g/mol. The zero-order chi connectivity index (χ0) is 67.7. The Morgan fingerprint density at radius 2 is 1.58 bits per heavy atom. The van der Waals surface area contributed by atoms with Crippen molar-refractivity contribution in [3.8, 4) is 0 Å². The number of carbonyl (C=O) groups is 10. The molecule has 91 heavy (non-hydrogen) atoms. The summed E-state index contributed by atoms with van der Waals surface area (Å²) in [4.78, 5) is 141. The number of aliphatic carboxylic acids is 1. The van der Waals surface area contributed by atoms with Gasteiger partial charge in [0.15, 0.2) is 11.9 Å². The first-order chi connectivity index (χ1) is 43.0. The van der Waals surface area contributed by atoms with Crippen molar-refractivity contribution in [2.24, 2.45) is 29.6 Å². The molecule has 504 valence electrons. The summed E-state index contributed by atoms with van der Waals surface area (Å²) in [5.74, 6) is -5.52. The largest absolute Gasteiger partial charge is 0.481 e. The first kappa shape index (κ1) is 76.9. The third-order valence-electron chi connectivity index (χ3n) is 17.5. The van der Waals surface area contributed by atoms with Crippen LogP contribution in [0.4, 0.5) is 10.5 Å². The number of imide groups is 1. The number of rotatable bonds is 41. The number of hydrogen-bond donors (Lipinski definition) is 5. The van der Waals surface area contributed by atoms with E-state index >= 15 is 0 Å². The van der Waals surface area contributed by atoms with Crippen LogP contribution in [0.15, 0.2) is 47.8 Å². The maximum atomic E-state index is 14.5. The number of aryl methyl sites for hydroxylation is 3. The number of alkyl carbamates (subject to hydrolysis) is 1. The van der Waals surface area contributed by atoms with Crippen LogP contribution in [-0.2, 0) is 71.8 Å². The molecule has 0 aliphatic carbocycles. The average molecular weight is 1310 g/mol.